The molecule has 7 nitrogen and oxygen atoms in total. The van der Waals surface area contributed by atoms with Gasteiger partial charge >= 0.3 is 12.2 Å². The first-order valence-corrected chi connectivity index (χ1v) is 8.98. The lowest BCUT2D eigenvalue weighted by Gasteiger charge is -2.37. The summed E-state index contributed by atoms with van der Waals surface area (Å²) in [4.78, 5) is 24.4. The molecule has 0 aliphatic heterocycles. The number of ether oxygens (including phenoxy) is 2. The molecule has 0 heterocycles. The molecule has 0 aliphatic carbocycles. The molecule has 0 spiro atoms. The minimum absolute atomic E-state index is 0.0107. The fourth-order valence-electron chi connectivity index (χ4n) is 2.19. The topological polar surface area (TPSA) is 87.7 Å². The fourth-order valence-corrected chi connectivity index (χ4v) is 2.19. The predicted octanol–water partition coefficient (Wildman–Crippen LogP) is 4.66. The number of unbranched alkanes of at least 4 members (excludes halogenated alkanes) is 3. The number of carbonyl (C=O) groups excluding carboxylic acids is 2. The molecule has 0 saturated carbocycles. The summed E-state index contributed by atoms with van der Waals surface area (Å²) in [6, 6.07) is 9.08. The Balaban J connectivity index is 2.69. The van der Waals surface area contributed by atoms with Crippen LogP contribution in [0.5, 0.6) is 0 Å². The van der Waals surface area contributed by atoms with Crippen molar-refractivity contribution >= 4 is 12.2 Å². The zero-order chi connectivity index (χ0) is 19.6. The van der Waals surface area contributed by atoms with Crippen LogP contribution in [0.3, 0.4) is 0 Å². The molecule has 1 unspecified atom stereocenters. The van der Waals surface area contributed by atoms with Crippen molar-refractivity contribution in [1.82, 2.24) is 5.43 Å². The van der Waals surface area contributed by atoms with E-state index in [4.69, 9.17) is 9.47 Å². The molecule has 0 saturated heterocycles. The maximum atomic E-state index is 12.9. The average molecular weight is 366 g/mol. The first-order chi connectivity index (χ1) is 12.2. The van der Waals surface area contributed by atoms with Gasteiger partial charge in [-0.2, -0.15) is 15.0 Å². The van der Waals surface area contributed by atoms with Gasteiger partial charge in [0, 0.05) is 0 Å². The molecule has 0 aliphatic rings. The second-order valence-corrected chi connectivity index (χ2v) is 7.18. The quantitative estimate of drug-likeness (QED) is 0.431. The molecule has 1 aromatic rings. The summed E-state index contributed by atoms with van der Waals surface area (Å²) >= 11 is 0. The highest BCUT2D eigenvalue weighted by atomic mass is 16.7. The van der Waals surface area contributed by atoms with Gasteiger partial charge in [0.15, 0.2) is 0 Å². The van der Waals surface area contributed by atoms with E-state index in [1.54, 1.807) is 32.9 Å². The van der Waals surface area contributed by atoms with Crippen molar-refractivity contribution in [3.8, 4) is 0 Å². The first-order valence-electron chi connectivity index (χ1n) is 8.98. The van der Waals surface area contributed by atoms with E-state index in [1.807, 2.05) is 25.1 Å². The number of amides is 2. The monoisotopic (exact) mass is 366 g/mol. The van der Waals surface area contributed by atoms with E-state index < -0.39 is 22.5 Å². The van der Waals surface area contributed by atoms with Gasteiger partial charge in [0.2, 0.25) is 0 Å². The Morgan fingerprint density at radius 3 is 2.35 bits per heavy atom. The van der Waals surface area contributed by atoms with Crippen LogP contribution in [0.2, 0.25) is 0 Å². The third kappa shape index (κ3) is 8.31. The number of hydroxylamine groups is 2. The van der Waals surface area contributed by atoms with E-state index in [2.05, 4.69) is 5.43 Å². The molecule has 1 aromatic carbocycles. The average Bonchev–Trinajstić information content (AvgIpc) is 2.56. The van der Waals surface area contributed by atoms with E-state index in [1.165, 1.54) is 0 Å². The Labute approximate surface area is 155 Å². The first kappa shape index (κ1) is 21.9. The summed E-state index contributed by atoms with van der Waals surface area (Å²) in [7, 11) is 0. The van der Waals surface area contributed by atoms with Gasteiger partial charge in [0.25, 0.3) is 0 Å². The maximum Gasteiger partial charge on any atom is 0.542 e. The summed E-state index contributed by atoms with van der Waals surface area (Å²) < 4.78 is 8.64. The summed E-state index contributed by atoms with van der Waals surface area (Å²) in [5.41, 5.74) is 2.06. The smallest absolute Gasteiger partial charge is 0.542 e. The molecule has 146 valence electrons. The maximum absolute atomic E-state index is 12.9. The van der Waals surface area contributed by atoms with E-state index >= 15 is 0 Å². The highest BCUT2D eigenvalue weighted by molar-refractivity contribution is 5.69. The van der Waals surface area contributed by atoms with Crippen LogP contribution in [0.1, 0.15) is 58.9 Å². The number of nitrogens with zero attached hydrogens (tertiary/aromatic N) is 1. The van der Waals surface area contributed by atoms with Crippen molar-refractivity contribution in [2.45, 2.75) is 65.6 Å². The number of carbonyl (C=O) groups is 2. The van der Waals surface area contributed by atoms with Crippen LogP contribution in [-0.2, 0) is 16.1 Å². The molecule has 2 amide bonds. The third-order valence-electron chi connectivity index (χ3n) is 3.50. The molecular weight excluding hydrogens is 336 g/mol. The van der Waals surface area contributed by atoms with Crippen LogP contribution in [0.15, 0.2) is 30.3 Å². The fraction of sp³-hybridized carbons (Fsp3) is 0.579. The van der Waals surface area contributed by atoms with E-state index in [9.17, 15) is 14.8 Å². The Morgan fingerprint density at radius 1 is 1.12 bits per heavy atom. The van der Waals surface area contributed by atoms with Crippen LogP contribution in [0.4, 0.5) is 9.59 Å². The summed E-state index contributed by atoms with van der Waals surface area (Å²) in [5, 5.41) is 12.9. The van der Waals surface area contributed by atoms with Crippen LogP contribution < -0.4 is 5.43 Å². The number of hydrogen-bond donors (Lipinski definition) is 1. The molecule has 7 heteroatoms. The second-order valence-electron chi connectivity index (χ2n) is 7.18. The highest BCUT2D eigenvalue weighted by Gasteiger charge is 2.36. The molecule has 0 radical (unpaired) electrons. The van der Waals surface area contributed by atoms with Gasteiger partial charge in [0.05, 0.1) is 0 Å². The van der Waals surface area contributed by atoms with Crippen molar-refractivity contribution < 1.29 is 23.8 Å². The lowest BCUT2D eigenvalue weighted by atomic mass is 10.2. The number of benzene rings is 1. The van der Waals surface area contributed by atoms with Crippen molar-refractivity contribution in [3.63, 3.8) is 0 Å². The van der Waals surface area contributed by atoms with Crippen LogP contribution >= 0.6 is 0 Å². The van der Waals surface area contributed by atoms with E-state index in [0.717, 1.165) is 24.8 Å². The lowest BCUT2D eigenvalue weighted by molar-refractivity contribution is -0.846. The van der Waals surface area contributed by atoms with Gasteiger partial charge in [-0.25, -0.2) is 4.79 Å². The molecule has 0 fully saturated rings. The number of nitrogens with one attached hydrogen (secondary N) is 1. The molecule has 26 heavy (non-hydrogen) atoms. The van der Waals surface area contributed by atoms with Crippen molar-refractivity contribution in [3.05, 3.63) is 41.1 Å². The van der Waals surface area contributed by atoms with Gasteiger partial charge in [-0.05, 0) is 39.2 Å². The Bertz CT molecular complexity index is 571. The third-order valence-corrected chi connectivity index (χ3v) is 3.50. The summed E-state index contributed by atoms with van der Waals surface area (Å²) in [5.74, 6) is 0. The highest BCUT2D eigenvalue weighted by Crippen LogP contribution is 2.16. The number of quaternary nitrogens is 1. The minimum Gasteiger partial charge on any atom is -0.596 e. The zero-order valence-electron chi connectivity index (χ0n) is 16.1. The largest absolute Gasteiger partial charge is 0.596 e. The summed E-state index contributed by atoms with van der Waals surface area (Å²) in [6.07, 6.45) is 1.23. The van der Waals surface area contributed by atoms with Gasteiger partial charge in [-0.1, -0.05) is 50.1 Å². The van der Waals surface area contributed by atoms with E-state index in [0.29, 0.717) is 6.42 Å². The van der Waals surface area contributed by atoms with Crippen molar-refractivity contribution in [2.24, 2.45) is 0 Å². The lowest BCUT2D eigenvalue weighted by Crippen LogP contribution is -2.61. The van der Waals surface area contributed by atoms with Crippen LogP contribution in [0.25, 0.3) is 0 Å². The molecule has 0 bridgehead atoms. The molecule has 0 aromatic heterocycles. The molecule has 1 rings (SSSR count). The minimum atomic E-state index is -1.59. The van der Waals surface area contributed by atoms with Crippen molar-refractivity contribution in [2.75, 3.05) is 6.54 Å². The van der Waals surface area contributed by atoms with Gasteiger partial charge in [-0.3, -0.25) is 0 Å². The van der Waals surface area contributed by atoms with Gasteiger partial charge in [0.1, 0.15) is 18.8 Å². The second kappa shape index (κ2) is 10.1. The van der Waals surface area contributed by atoms with Crippen molar-refractivity contribution in [1.29, 1.82) is 0 Å². The molecular formula is C19H30N2O5. The van der Waals surface area contributed by atoms with Gasteiger partial charge in [-0.15, -0.1) is 0 Å². The normalized spacial score (nSPS) is 13.6. The molecule has 1 atom stereocenters. The predicted molar refractivity (Wildman–Crippen MR) is 98.6 cm³/mol. The number of rotatable bonds is 7. The SMILES string of the molecule is CCCCCC[N+]([O-])(NC(=O)OCc1ccccc1)C(=O)OC(C)(C)C. The molecule has 1 N–H and O–H groups in total. The Morgan fingerprint density at radius 2 is 1.77 bits per heavy atom. The van der Waals surface area contributed by atoms with E-state index in [-0.39, 0.29) is 13.2 Å². The van der Waals surface area contributed by atoms with Crippen LogP contribution in [0, 0.1) is 5.21 Å². The van der Waals surface area contributed by atoms with Crippen LogP contribution in [-0.4, -0.2) is 29.1 Å². The Kier molecular flexibility index (Phi) is 8.54. The summed E-state index contributed by atoms with van der Waals surface area (Å²) in [6.45, 7) is 6.96. The van der Waals surface area contributed by atoms with Gasteiger partial charge < -0.3 is 14.7 Å². The zero-order valence-corrected chi connectivity index (χ0v) is 16.1. The standard InChI is InChI=1S/C19H30N2O5/c1-5-6-7-11-14-21(24,18(23)26-19(2,3)4)20-17(22)25-15-16-12-9-8-10-13-16/h8-10,12-13H,5-7,11,14-15H2,1-4H3,(H,20,22). The number of hydrogen-bond acceptors (Lipinski definition) is 5. The Hall–Kier alpha value is -2.12.